The second kappa shape index (κ2) is 8.59. The third-order valence-electron chi connectivity index (χ3n) is 3.13. The monoisotopic (exact) mass is 332 g/mol. The molecule has 6 heteroatoms. The zero-order valence-electron chi connectivity index (χ0n) is 12.4. The summed E-state index contributed by atoms with van der Waals surface area (Å²) >= 11 is 12.0. The largest absolute Gasteiger partial charge is 0.396 e. The predicted octanol–water partition coefficient (Wildman–Crippen LogP) is 3.32. The molecule has 1 aromatic rings. The molecule has 0 saturated carbocycles. The van der Waals surface area contributed by atoms with Gasteiger partial charge in [0, 0.05) is 13.2 Å². The Morgan fingerprint density at radius 2 is 1.90 bits per heavy atom. The van der Waals surface area contributed by atoms with Crippen molar-refractivity contribution >= 4 is 34.8 Å². The van der Waals surface area contributed by atoms with E-state index < -0.39 is 0 Å². The van der Waals surface area contributed by atoms with Crippen LogP contribution in [0.25, 0.3) is 0 Å². The highest BCUT2D eigenvalue weighted by Crippen LogP contribution is 2.29. The van der Waals surface area contributed by atoms with Crippen LogP contribution in [0.1, 0.15) is 26.7 Å². The van der Waals surface area contributed by atoms with E-state index in [1.54, 1.807) is 18.2 Å². The van der Waals surface area contributed by atoms with Gasteiger partial charge in [0.25, 0.3) is 0 Å². The highest BCUT2D eigenvalue weighted by Gasteiger charge is 2.17. The van der Waals surface area contributed by atoms with Gasteiger partial charge in [-0.2, -0.15) is 0 Å². The van der Waals surface area contributed by atoms with Gasteiger partial charge in [-0.05, 0) is 30.4 Å². The number of amides is 1. The van der Waals surface area contributed by atoms with Crippen LogP contribution < -0.4 is 10.6 Å². The summed E-state index contributed by atoms with van der Waals surface area (Å²) in [6.45, 7) is 5.26. The van der Waals surface area contributed by atoms with Crippen LogP contribution in [0.5, 0.6) is 0 Å². The predicted molar refractivity (Wildman–Crippen MR) is 88.1 cm³/mol. The molecular formula is C15H22Cl2N2O2. The maximum absolute atomic E-state index is 11.9. The molecule has 1 aromatic carbocycles. The van der Waals surface area contributed by atoms with Gasteiger partial charge in [0.1, 0.15) is 0 Å². The number of anilines is 1. The van der Waals surface area contributed by atoms with Crippen molar-refractivity contribution in [3.8, 4) is 0 Å². The number of aliphatic hydroxyl groups excluding tert-OH is 1. The van der Waals surface area contributed by atoms with Gasteiger partial charge in [-0.3, -0.25) is 4.79 Å². The fraction of sp³-hybridized carbons (Fsp3) is 0.533. The number of benzene rings is 1. The van der Waals surface area contributed by atoms with E-state index in [1.165, 1.54) is 0 Å². The van der Waals surface area contributed by atoms with Gasteiger partial charge in [0.15, 0.2) is 0 Å². The van der Waals surface area contributed by atoms with Crippen LogP contribution in [0, 0.1) is 5.41 Å². The lowest BCUT2D eigenvalue weighted by Crippen LogP contribution is -2.35. The van der Waals surface area contributed by atoms with Crippen molar-refractivity contribution in [3.63, 3.8) is 0 Å². The van der Waals surface area contributed by atoms with Gasteiger partial charge in [-0.15, -0.1) is 0 Å². The van der Waals surface area contributed by atoms with E-state index >= 15 is 0 Å². The van der Waals surface area contributed by atoms with Crippen molar-refractivity contribution in [2.45, 2.75) is 26.7 Å². The van der Waals surface area contributed by atoms with Crippen LogP contribution >= 0.6 is 23.2 Å². The van der Waals surface area contributed by atoms with Crippen molar-refractivity contribution < 1.29 is 9.90 Å². The third kappa shape index (κ3) is 6.66. The topological polar surface area (TPSA) is 61.4 Å². The molecule has 0 aromatic heterocycles. The molecule has 0 saturated heterocycles. The van der Waals surface area contributed by atoms with Gasteiger partial charge < -0.3 is 15.7 Å². The van der Waals surface area contributed by atoms with E-state index in [1.807, 2.05) is 0 Å². The normalized spacial score (nSPS) is 11.5. The van der Waals surface area contributed by atoms with E-state index in [4.69, 9.17) is 28.3 Å². The summed E-state index contributed by atoms with van der Waals surface area (Å²) in [6, 6.07) is 5.07. The lowest BCUT2D eigenvalue weighted by atomic mass is 9.88. The lowest BCUT2D eigenvalue weighted by molar-refractivity contribution is -0.115. The zero-order chi connectivity index (χ0) is 15.9. The van der Waals surface area contributed by atoms with Crippen molar-refractivity contribution in [1.82, 2.24) is 5.32 Å². The molecule has 0 fully saturated rings. The fourth-order valence-electron chi connectivity index (χ4n) is 1.96. The number of carbonyl (C=O) groups excluding carboxylic acids is 1. The maximum Gasteiger partial charge on any atom is 0.238 e. The summed E-state index contributed by atoms with van der Waals surface area (Å²) in [7, 11) is 0. The highest BCUT2D eigenvalue weighted by molar-refractivity contribution is 6.39. The van der Waals surface area contributed by atoms with E-state index in [2.05, 4.69) is 24.5 Å². The first-order valence-corrected chi connectivity index (χ1v) is 7.67. The molecule has 4 nitrogen and oxygen atoms in total. The number of halogens is 2. The first kappa shape index (κ1) is 18.2. The van der Waals surface area contributed by atoms with Crippen molar-refractivity contribution in [2.24, 2.45) is 5.41 Å². The lowest BCUT2D eigenvalue weighted by Gasteiger charge is -2.24. The molecule has 0 unspecified atom stereocenters. The Kier molecular flexibility index (Phi) is 7.46. The molecule has 0 bridgehead atoms. The van der Waals surface area contributed by atoms with Gasteiger partial charge in [-0.1, -0.05) is 43.1 Å². The molecule has 118 valence electrons. The van der Waals surface area contributed by atoms with E-state index in [0.29, 0.717) is 22.3 Å². The number of hydrogen-bond donors (Lipinski definition) is 3. The molecule has 0 spiro atoms. The Bertz CT molecular complexity index is 458. The van der Waals surface area contributed by atoms with E-state index in [-0.39, 0.29) is 24.5 Å². The van der Waals surface area contributed by atoms with Gasteiger partial charge in [0.05, 0.1) is 22.3 Å². The second-order valence-corrected chi connectivity index (χ2v) is 6.55. The molecule has 0 heterocycles. The smallest absolute Gasteiger partial charge is 0.238 e. The van der Waals surface area contributed by atoms with Crippen molar-refractivity contribution in [3.05, 3.63) is 28.2 Å². The summed E-state index contributed by atoms with van der Waals surface area (Å²) in [5, 5.41) is 15.5. The average molecular weight is 333 g/mol. The number of aliphatic hydroxyl groups is 1. The zero-order valence-corrected chi connectivity index (χ0v) is 13.9. The molecule has 21 heavy (non-hydrogen) atoms. The summed E-state index contributed by atoms with van der Waals surface area (Å²) in [6.07, 6.45) is 1.66. The molecule has 0 aliphatic rings. The molecule has 1 rings (SSSR count). The minimum atomic E-state index is -0.192. The van der Waals surface area contributed by atoms with Crippen molar-refractivity contribution in [2.75, 3.05) is 25.0 Å². The Morgan fingerprint density at radius 3 is 2.48 bits per heavy atom. The SMILES string of the molecule is CC(C)(CCCO)CNCC(=O)Nc1c(Cl)cccc1Cl. The Balaban J connectivity index is 2.41. The van der Waals surface area contributed by atoms with Crippen LogP contribution in [0.2, 0.25) is 10.0 Å². The quantitative estimate of drug-likeness (QED) is 0.684. The van der Waals surface area contributed by atoms with Gasteiger partial charge >= 0.3 is 0 Å². The molecule has 0 aliphatic heterocycles. The summed E-state index contributed by atoms with van der Waals surface area (Å²) in [4.78, 5) is 11.9. The van der Waals surface area contributed by atoms with Crippen LogP contribution in [0.4, 0.5) is 5.69 Å². The standard InChI is InChI=1S/C15H22Cl2N2O2/c1-15(2,7-4-8-20)10-18-9-13(21)19-14-11(16)5-3-6-12(14)17/h3,5-6,18,20H,4,7-10H2,1-2H3,(H,19,21). The minimum Gasteiger partial charge on any atom is -0.396 e. The van der Waals surface area contributed by atoms with Gasteiger partial charge in [-0.25, -0.2) is 0 Å². The number of rotatable bonds is 8. The van der Waals surface area contributed by atoms with Crippen LogP contribution in [-0.2, 0) is 4.79 Å². The summed E-state index contributed by atoms with van der Waals surface area (Å²) in [5.74, 6) is -0.192. The molecule has 0 radical (unpaired) electrons. The Morgan fingerprint density at radius 1 is 1.29 bits per heavy atom. The number of hydrogen-bond acceptors (Lipinski definition) is 3. The summed E-state index contributed by atoms with van der Waals surface area (Å²) < 4.78 is 0. The number of nitrogens with one attached hydrogen (secondary N) is 2. The maximum atomic E-state index is 11.9. The highest BCUT2D eigenvalue weighted by atomic mass is 35.5. The number of para-hydroxylation sites is 1. The third-order valence-corrected chi connectivity index (χ3v) is 3.76. The molecule has 3 N–H and O–H groups in total. The average Bonchev–Trinajstić information content (AvgIpc) is 2.41. The van der Waals surface area contributed by atoms with Crippen LogP contribution in [0.3, 0.4) is 0 Å². The molecular weight excluding hydrogens is 311 g/mol. The molecule has 0 atom stereocenters. The van der Waals surface area contributed by atoms with Crippen molar-refractivity contribution in [1.29, 1.82) is 0 Å². The summed E-state index contributed by atoms with van der Waals surface area (Å²) in [5.41, 5.74) is 0.470. The molecule has 1 amide bonds. The first-order chi connectivity index (χ1) is 9.85. The Labute approximate surface area is 135 Å². The Hall–Kier alpha value is -0.810. The van der Waals surface area contributed by atoms with E-state index in [9.17, 15) is 4.79 Å². The first-order valence-electron chi connectivity index (χ1n) is 6.91. The minimum absolute atomic E-state index is 0.0328. The van der Waals surface area contributed by atoms with Gasteiger partial charge in [0.2, 0.25) is 5.91 Å². The van der Waals surface area contributed by atoms with Crippen LogP contribution in [0.15, 0.2) is 18.2 Å². The van der Waals surface area contributed by atoms with Crippen LogP contribution in [-0.4, -0.2) is 30.7 Å². The molecule has 0 aliphatic carbocycles. The fourth-order valence-corrected chi connectivity index (χ4v) is 2.45. The number of carbonyl (C=O) groups is 1. The second-order valence-electron chi connectivity index (χ2n) is 5.74. The van der Waals surface area contributed by atoms with E-state index in [0.717, 1.165) is 12.8 Å².